The maximum Gasteiger partial charge on any atom is 0.471 e. The number of amides is 1. The van der Waals surface area contributed by atoms with Gasteiger partial charge >= 0.3 is 18.1 Å². The van der Waals surface area contributed by atoms with E-state index in [1.54, 1.807) is 18.2 Å². The fraction of sp³-hybridized carbons (Fsp3) is 0.333. The van der Waals surface area contributed by atoms with E-state index in [1.165, 1.54) is 0 Å². The zero-order chi connectivity index (χ0) is 17.5. The van der Waals surface area contributed by atoms with Crippen LogP contribution < -0.4 is 4.90 Å². The van der Waals surface area contributed by atoms with E-state index in [-0.39, 0.29) is 31.1 Å². The summed E-state index contributed by atoms with van der Waals surface area (Å²) in [6.45, 7) is 0.480. The number of anilines is 1. The maximum atomic E-state index is 12.5. The third-order valence-corrected chi connectivity index (χ3v) is 4.99. The molecule has 1 aromatic heterocycles. The molecule has 1 N–H and O–H groups in total. The van der Waals surface area contributed by atoms with Crippen molar-refractivity contribution in [2.75, 3.05) is 31.1 Å². The third-order valence-electron chi connectivity index (χ3n) is 3.90. The highest BCUT2D eigenvalue weighted by Gasteiger charge is 2.43. The van der Waals surface area contributed by atoms with Crippen LogP contribution in [-0.4, -0.2) is 54.2 Å². The summed E-state index contributed by atoms with van der Waals surface area (Å²) in [6, 6.07) is 6.97. The summed E-state index contributed by atoms with van der Waals surface area (Å²) < 4.78 is 38.2. The first-order valence-electron chi connectivity index (χ1n) is 7.14. The normalized spacial score (nSPS) is 15.8. The number of thiophene rings is 1. The van der Waals surface area contributed by atoms with E-state index in [4.69, 9.17) is 5.11 Å². The number of carbonyl (C=O) groups is 2. The number of aromatic carboxylic acids is 1. The Kier molecular flexibility index (Phi) is 4.12. The Morgan fingerprint density at radius 2 is 1.79 bits per heavy atom. The molecular formula is C15H13F3N2O3S. The topological polar surface area (TPSA) is 60.9 Å². The lowest BCUT2D eigenvalue weighted by atomic mass is 10.1. The second-order valence-electron chi connectivity index (χ2n) is 5.38. The maximum absolute atomic E-state index is 12.5. The van der Waals surface area contributed by atoms with E-state index in [1.807, 2.05) is 11.0 Å². The molecule has 0 spiro atoms. The summed E-state index contributed by atoms with van der Waals surface area (Å²) in [5.41, 5.74) is 0.773. The summed E-state index contributed by atoms with van der Waals surface area (Å²) >= 11 is 1.15. The minimum absolute atomic E-state index is 0.0232. The Hall–Kier alpha value is -2.29. The van der Waals surface area contributed by atoms with Crippen LogP contribution in [0.1, 0.15) is 9.67 Å². The molecule has 9 heteroatoms. The summed E-state index contributed by atoms with van der Waals surface area (Å²) in [5, 5.41) is 9.86. The van der Waals surface area contributed by atoms with Crippen LogP contribution in [-0.2, 0) is 4.79 Å². The van der Waals surface area contributed by atoms with E-state index in [9.17, 15) is 22.8 Å². The molecule has 2 heterocycles. The van der Waals surface area contributed by atoms with Gasteiger partial charge < -0.3 is 14.9 Å². The second-order valence-corrected chi connectivity index (χ2v) is 6.47. The highest BCUT2D eigenvalue weighted by atomic mass is 32.1. The number of hydrogen-bond donors (Lipinski definition) is 1. The van der Waals surface area contributed by atoms with Gasteiger partial charge in [0.25, 0.3) is 0 Å². The van der Waals surface area contributed by atoms with Gasteiger partial charge in [-0.1, -0.05) is 6.07 Å². The van der Waals surface area contributed by atoms with E-state index >= 15 is 0 Å². The highest BCUT2D eigenvalue weighted by molar-refractivity contribution is 7.20. The van der Waals surface area contributed by atoms with E-state index in [2.05, 4.69) is 0 Å². The Labute approximate surface area is 138 Å². The van der Waals surface area contributed by atoms with Crippen molar-refractivity contribution in [2.45, 2.75) is 6.18 Å². The van der Waals surface area contributed by atoms with Crippen molar-refractivity contribution in [2.24, 2.45) is 0 Å². The number of carbonyl (C=O) groups excluding carboxylic acids is 1. The van der Waals surface area contributed by atoms with Crippen molar-refractivity contribution in [3.05, 3.63) is 29.1 Å². The van der Waals surface area contributed by atoms with Crippen LogP contribution in [0, 0.1) is 0 Å². The van der Waals surface area contributed by atoms with Crippen molar-refractivity contribution in [1.29, 1.82) is 0 Å². The molecule has 1 fully saturated rings. The summed E-state index contributed by atoms with van der Waals surface area (Å²) in [4.78, 5) is 25.3. The van der Waals surface area contributed by atoms with Gasteiger partial charge in [-0.3, -0.25) is 4.79 Å². The molecule has 0 atom stereocenters. The summed E-state index contributed by atoms with van der Waals surface area (Å²) in [6.07, 6.45) is -4.86. The Morgan fingerprint density at radius 3 is 2.38 bits per heavy atom. The third kappa shape index (κ3) is 3.03. The number of halogens is 3. The Bertz CT molecular complexity index is 795. The predicted octanol–water partition coefficient (Wildman–Crippen LogP) is 2.81. The molecule has 0 saturated carbocycles. The number of rotatable bonds is 2. The van der Waals surface area contributed by atoms with Gasteiger partial charge in [-0.15, -0.1) is 11.3 Å². The second kappa shape index (κ2) is 5.97. The van der Waals surface area contributed by atoms with Gasteiger partial charge in [-0.2, -0.15) is 13.2 Å². The molecule has 128 valence electrons. The number of nitrogens with zero attached hydrogens (tertiary/aromatic N) is 2. The lowest BCUT2D eigenvalue weighted by molar-refractivity contribution is -0.185. The summed E-state index contributed by atoms with van der Waals surface area (Å²) in [5.74, 6) is -2.83. The molecule has 24 heavy (non-hydrogen) atoms. The molecule has 0 bridgehead atoms. The molecule has 1 aliphatic heterocycles. The lowest BCUT2D eigenvalue weighted by Crippen LogP contribution is -2.52. The lowest BCUT2D eigenvalue weighted by Gasteiger charge is -2.36. The van der Waals surface area contributed by atoms with Gasteiger partial charge in [0.05, 0.1) is 0 Å². The van der Waals surface area contributed by atoms with Crippen molar-refractivity contribution >= 4 is 39.0 Å². The fourth-order valence-electron chi connectivity index (χ4n) is 2.76. The number of hydrogen-bond acceptors (Lipinski definition) is 4. The number of carboxylic acid groups (broad SMARTS) is 1. The number of benzene rings is 1. The zero-order valence-electron chi connectivity index (χ0n) is 12.3. The molecule has 1 aromatic carbocycles. The predicted molar refractivity (Wildman–Crippen MR) is 83.6 cm³/mol. The van der Waals surface area contributed by atoms with Gasteiger partial charge in [0.1, 0.15) is 4.88 Å². The molecule has 0 aliphatic carbocycles. The van der Waals surface area contributed by atoms with E-state index < -0.39 is 18.1 Å². The van der Waals surface area contributed by atoms with Crippen molar-refractivity contribution < 1.29 is 27.9 Å². The summed E-state index contributed by atoms with van der Waals surface area (Å²) in [7, 11) is 0. The molecule has 2 aromatic rings. The van der Waals surface area contributed by atoms with Crippen molar-refractivity contribution in [3.8, 4) is 0 Å². The highest BCUT2D eigenvalue weighted by Crippen LogP contribution is 2.34. The van der Waals surface area contributed by atoms with Crippen LogP contribution >= 0.6 is 11.3 Å². The average molecular weight is 358 g/mol. The monoisotopic (exact) mass is 358 g/mol. The first-order valence-corrected chi connectivity index (χ1v) is 7.96. The van der Waals surface area contributed by atoms with Gasteiger partial charge in [-0.25, -0.2) is 4.79 Å². The van der Waals surface area contributed by atoms with Crippen LogP contribution in [0.4, 0.5) is 18.9 Å². The molecule has 1 aliphatic rings. The molecule has 0 radical (unpaired) electrons. The van der Waals surface area contributed by atoms with Gasteiger partial charge in [0, 0.05) is 42.0 Å². The van der Waals surface area contributed by atoms with Crippen LogP contribution in [0.2, 0.25) is 0 Å². The smallest absolute Gasteiger partial charge is 0.471 e. The first kappa shape index (κ1) is 16.6. The Balaban J connectivity index is 1.81. The van der Waals surface area contributed by atoms with Gasteiger partial charge in [0.2, 0.25) is 0 Å². The molecule has 1 saturated heterocycles. The SMILES string of the molecule is O=C(O)c1cc2c(N3CCN(C(=O)C(F)(F)F)CC3)cccc2s1. The van der Waals surface area contributed by atoms with Crippen molar-refractivity contribution in [1.82, 2.24) is 4.90 Å². The quantitative estimate of drug-likeness (QED) is 0.897. The number of fused-ring (bicyclic) bond motifs is 1. The van der Waals surface area contributed by atoms with Gasteiger partial charge in [0.15, 0.2) is 0 Å². The van der Waals surface area contributed by atoms with E-state index in [0.29, 0.717) is 0 Å². The van der Waals surface area contributed by atoms with Crippen LogP contribution in [0.3, 0.4) is 0 Å². The average Bonchev–Trinajstić information content (AvgIpc) is 2.98. The molecular weight excluding hydrogens is 345 g/mol. The Morgan fingerprint density at radius 1 is 1.12 bits per heavy atom. The van der Waals surface area contributed by atoms with Crippen LogP contribution in [0.5, 0.6) is 0 Å². The minimum Gasteiger partial charge on any atom is -0.477 e. The first-order chi connectivity index (χ1) is 11.3. The van der Waals surface area contributed by atoms with Gasteiger partial charge in [-0.05, 0) is 18.2 Å². The number of carboxylic acids is 1. The molecule has 5 nitrogen and oxygen atoms in total. The fourth-order valence-corrected chi connectivity index (χ4v) is 3.68. The molecule has 1 amide bonds. The minimum atomic E-state index is -4.86. The zero-order valence-corrected chi connectivity index (χ0v) is 13.2. The van der Waals surface area contributed by atoms with Crippen molar-refractivity contribution in [3.63, 3.8) is 0 Å². The number of alkyl halides is 3. The standard InChI is InChI=1S/C15H13F3N2O3S/c16-15(17,18)14(23)20-6-4-19(5-7-20)10-2-1-3-11-9(10)8-12(24-11)13(21)22/h1-3,8H,4-7H2,(H,21,22). The van der Waals surface area contributed by atoms with Crippen LogP contribution in [0.25, 0.3) is 10.1 Å². The van der Waals surface area contributed by atoms with Crippen LogP contribution in [0.15, 0.2) is 24.3 Å². The van der Waals surface area contributed by atoms with E-state index in [0.717, 1.165) is 32.0 Å². The molecule has 3 rings (SSSR count). The largest absolute Gasteiger partial charge is 0.477 e. The molecule has 0 unspecified atom stereocenters. The number of piperazine rings is 1.